The highest BCUT2D eigenvalue weighted by Gasteiger charge is 2.08. The lowest BCUT2D eigenvalue weighted by Crippen LogP contribution is -2.19. The molecule has 0 fully saturated rings. The molecule has 0 aliphatic heterocycles. The van der Waals surface area contributed by atoms with Gasteiger partial charge in [-0.2, -0.15) is 0 Å². The average Bonchev–Trinajstić information content (AvgIpc) is 3.13. The maximum Gasteiger partial charge on any atom is 0.323 e. The predicted octanol–water partition coefficient (Wildman–Crippen LogP) is 4.70. The van der Waals surface area contributed by atoms with E-state index in [1.807, 2.05) is 47.1 Å². The fraction of sp³-hybridized carbons (Fsp3) is 0.0500. The fourth-order valence-corrected chi connectivity index (χ4v) is 2.99. The van der Waals surface area contributed by atoms with Crippen LogP contribution in [0.15, 0.2) is 67.1 Å². The first-order valence-electron chi connectivity index (χ1n) is 8.44. The third kappa shape index (κ3) is 3.74. The summed E-state index contributed by atoms with van der Waals surface area (Å²) in [6, 6.07) is 13.9. The van der Waals surface area contributed by atoms with Crippen LogP contribution < -0.4 is 15.4 Å². The first-order chi connectivity index (χ1) is 13.6. The highest BCUT2D eigenvalue weighted by atomic mass is 35.5. The molecule has 8 heteroatoms. The summed E-state index contributed by atoms with van der Waals surface area (Å²) in [5.74, 6) is 1.18. The van der Waals surface area contributed by atoms with Gasteiger partial charge < -0.3 is 15.4 Å². The minimum Gasteiger partial charge on any atom is -0.495 e. The standard InChI is InChI=1S/C20H16ClN5O2/c1-28-18-8-7-15(11-16(18)21)24-20(27)23-14-5-3-13(4-6-14)17-12-26-10-2-9-22-19(26)25-17/h2-12H,1H3,(H2,23,24,27). The molecule has 0 aliphatic rings. The highest BCUT2D eigenvalue weighted by molar-refractivity contribution is 6.32. The molecule has 7 nitrogen and oxygen atoms in total. The number of carbonyl (C=O) groups excluding carboxylic acids is 1. The average molecular weight is 394 g/mol. The molecular formula is C20H16ClN5O2. The van der Waals surface area contributed by atoms with Crippen LogP contribution in [0, 0.1) is 0 Å². The Morgan fingerprint density at radius 1 is 1.11 bits per heavy atom. The molecule has 28 heavy (non-hydrogen) atoms. The van der Waals surface area contributed by atoms with Crippen LogP contribution in [0.4, 0.5) is 16.2 Å². The number of methoxy groups -OCH3 is 1. The van der Waals surface area contributed by atoms with Gasteiger partial charge in [0.15, 0.2) is 0 Å². The maximum absolute atomic E-state index is 12.2. The van der Waals surface area contributed by atoms with Gasteiger partial charge in [0.2, 0.25) is 5.78 Å². The van der Waals surface area contributed by atoms with Crippen molar-refractivity contribution in [3.63, 3.8) is 0 Å². The van der Waals surface area contributed by atoms with Crippen molar-refractivity contribution in [1.29, 1.82) is 0 Å². The Morgan fingerprint density at radius 3 is 2.57 bits per heavy atom. The molecule has 2 N–H and O–H groups in total. The summed E-state index contributed by atoms with van der Waals surface area (Å²) >= 11 is 6.07. The number of ether oxygens (including phenoxy) is 1. The lowest BCUT2D eigenvalue weighted by atomic mass is 10.1. The number of fused-ring (bicyclic) bond motifs is 1. The zero-order valence-electron chi connectivity index (χ0n) is 14.9. The predicted molar refractivity (Wildman–Crippen MR) is 109 cm³/mol. The van der Waals surface area contributed by atoms with E-state index < -0.39 is 0 Å². The van der Waals surface area contributed by atoms with Gasteiger partial charge in [0.05, 0.1) is 17.8 Å². The van der Waals surface area contributed by atoms with Crippen molar-refractivity contribution in [2.45, 2.75) is 0 Å². The van der Waals surface area contributed by atoms with Crippen LogP contribution in [0.3, 0.4) is 0 Å². The van der Waals surface area contributed by atoms with Crippen LogP contribution in [0.5, 0.6) is 5.75 Å². The Hall–Kier alpha value is -3.58. The van der Waals surface area contributed by atoms with Crippen LogP contribution in [-0.4, -0.2) is 27.5 Å². The van der Waals surface area contributed by atoms with Crippen molar-refractivity contribution in [3.8, 4) is 17.0 Å². The van der Waals surface area contributed by atoms with E-state index in [2.05, 4.69) is 20.6 Å². The van der Waals surface area contributed by atoms with Crippen LogP contribution in [0.2, 0.25) is 5.02 Å². The first-order valence-corrected chi connectivity index (χ1v) is 8.82. The van der Waals surface area contributed by atoms with Gasteiger partial charge in [-0.05, 0) is 36.4 Å². The molecule has 4 aromatic rings. The Balaban J connectivity index is 1.44. The van der Waals surface area contributed by atoms with Crippen LogP contribution in [0.1, 0.15) is 0 Å². The van der Waals surface area contributed by atoms with E-state index in [1.54, 1.807) is 24.4 Å². The number of urea groups is 1. The third-order valence-electron chi connectivity index (χ3n) is 4.08. The van der Waals surface area contributed by atoms with Crippen molar-refractivity contribution < 1.29 is 9.53 Å². The second-order valence-corrected chi connectivity index (χ2v) is 6.37. The van der Waals surface area contributed by atoms with Gasteiger partial charge >= 0.3 is 6.03 Å². The second kappa shape index (κ2) is 7.58. The number of amides is 2. The number of hydrogen-bond donors (Lipinski definition) is 2. The Bertz CT molecular complexity index is 1110. The zero-order chi connectivity index (χ0) is 19.5. The van der Waals surface area contributed by atoms with Gasteiger partial charge in [-0.3, -0.25) is 4.40 Å². The molecule has 2 amide bonds. The molecule has 0 atom stereocenters. The van der Waals surface area contributed by atoms with E-state index in [0.29, 0.717) is 27.9 Å². The number of nitrogens with zero attached hydrogens (tertiary/aromatic N) is 3. The summed E-state index contributed by atoms with van der Waals surface area (Å²) in [6.07, 6.45) is 5.50. The monoisotopic (exact) mass is 393 g/mol. The molecule has 0 unspecified atom stereocenters. The molecule has 0 aliphatic carbocycles. The summed E-state index contributed by atoms with van der Waals surface area (Å²) in [7, 11) is 1.54. The number of nitrogens with one attached hydrogen (secondary N) is 2. The number of carbonyl (C=O) groups is 1. The van der Waals surface area contributed by atoms with Crippen LogP contribution in [0.25, 0.3) is 17.0 Å². The zero-order valence-corrected chi connectivity index (χ0v) is 15.6. The van der Waals surface area contributed by atoms with Gasteiger partial charge in [-0.25, -0.2) is 14.8 Å². The molecule has 0 spiro atoms. The van der Waals surface area contributed by atoms with Crippen molar-refractivity contribution >= 4 is 34.8 Å². The van der Waals surface area contributed by atoms with Gasteiger partial charge in [0.1, 0.15) is 5.75 Å². The molecule has 0 saturated heterocycles. The fourth-order valence-electron chi connectivity index (χ4n) is 2.73. The molecule has 2 aromatic carbocycles. The third-order valence-corrected chi connectivity index (χ3v) is 4.38. The van der Waals surface area contributed by atoms with E-state index in [1.165, 1.54) is 7.11 Å². The smallest absolute Gasteiger partial charge is 0.323 e. The quantitative estimate of drug-likeness (QED) is 0.526. The largest absolute Gasteiger partial charge is 0.495 e. The second-order valence-electron chi connectivity index (χ2n) is 5.96. The van der Waals surface area contributed by atoms with Gasteiger partial charge in [0, 0.05) is 35.5 Å². The summed E-state index contributed by atoms with van der Waals surface area (Å²) < 4.78 is 6.95. The number of aromatic nitrogens is 3. The molecule has 2 aromatic heterocycles. The van der Waals surface area contributed by atoms with E-state index in [9.17, 15) is 4.79 Å². The minimum absolute atomic E-state index is 0.370. The van der Waals surface area contributed by atoms with Gasteiger partial charge in [0.25, 0.3) is 0 Å². The van der Waals surface area contributed by atoms with Crippen molar-refractivity contribution in [2.24, 2.45) is 0 Å². The number of hydrogen-bond acceptors (Lipinski definition) is 4. The first kappa shape index (κ1) is 17.8. The molecule has 4 rings (SSSR count). The molecule has 140 valence electrons. The Labute approximate surface area is 166 Å². The number of halogens is 1. The van der Waals surface area contributed by atoms with E-state index >= 15 is 0 Å². The number of rotatable bonds is 4. The normalized spacial score (nSPS) is 10.6. The number of benzene rings is 2. The molecular weight excluding hydrogens is 378 g/mol. The molecule has 2 heterocycles. The molecule has 0 saturated carbocycles. The Morgan fingerprint density at radius 2 is 1.86 bits per heavy atom. The lowest BCUT2D eigenvalue weighted by molar-refractivity contribution is 0.262. The van der Waals surface area contributed by atoms with Crippen LogP contribution >= 0.6 is 11.6 Å². The van der Waals surface area contributed by atoms with Gasteiger partial charge in [-0.1, -0.05) is 23.7 Å². The lowest BCUT2D eigenvalue weighted by Gasteiger charge is -2.09. The molecule has 0 bridgehead atoms. The van der Waals surface area contributed by atoms with Crippen LogP contribution in [-0.2, 0) is 0 Å². The summed E-state index contributed by atoms with van der Waals surface area (Å²) in [5, 5.41) is 5.94. The van der Waals surface area contributed by atoms with E-state index in [0.717, 1.165) is 11.3 Å². The van der Waals surface area contributed by atoms with Crippen molar-refractivity contribution in [3.05, 3.63) is 72.1 Å². The topological polar surface area (TPSA) is 80.5 Å². The van der Waals surface area contributed by atoms with E-state index in [-0.39, 0.29) is 6.03 Å². The summed E-state index contributed by atoms with van der Waals surface area (Å²) in [5.41, 5.74) is 2.96. The highest BCUT2D eigenvalue weighted by Crippen LogP contribution is 2.27. The van der Waals surface area contributed by atoms with Crippen molar-refractivity contribution in [1.82, 2.24) is 14.4 Å². The summed E-state index contributed by atoms with van der Waals surface area (Å²) in [6.45, 7) is 0. The SMILES string of the molecule is COc1ccc(NC(=O)Nc2ccc(-c3cn4cccnc4n3)cc2)cc1Cl. The van der Waals surface area contributed by atoms with Crippen molar-refractivity contribution in [2.75, 3.05) is 17.7 Å². The minimum atomic E-state index is -0.370. The van der Waals surface area contributed by atoms with E-state index in [4.69, 9.17) is 16.3 Å². The Kier molecular flexibility index (Phi) is 4.82. The molecule has 0 radical (unpaired) electrons. The summed E-state index contributed by atoms with van der Waals surface area (Å²) in [4.78, 5) is 20.9. The number of imidazole rings is 1. The van der Waals surface area contributed by atoms with Gasteiger partial charge in [-0.15, -0.1) is 0 Å². The number of anilines is 2. The maximum atomic E-state index is 12.2.